The molecule has 4 heterocycles. The van der Waals surface area contributed by atoms with Crippen LogP contribution in [0.15, 0.2) is 24.5 Å². The first-order valence-electron chi connectivity index (χ1n) is 8.64. The van der Waals surface area contributed by atoms with E-state index in [4.69, 9.17) is 9.84 Å². The Morgan fingerprint density at radius 2 is 2.15 bits per heavy atom. The predicted octanol–water partition coefficient (Wildman–Crippen LogP) is 2.32. The van der Waals surface area contributed by atoms with E-state index in [0.29, 0.717) is 49.1 Å². The van der Waals surface area contributed by atoms with E-state index in [-0.39, 0.29) is 6.10 Å². The number of nitrogens with one attached hydrogen (secondary N) is 2. The molecule has 1 amide bonds. The minimum Gasteiger partial charge on any atom is -0.474 e. The fourth-order valence-corrected chi connectivity index (χ4v) is 3.03. The third kappa shape index (κ3) is 3.73. The second-order valence-corrected chi connectivity index (χ2v) is 6.37. The summed E-state index contributed by atoms with van der Waals surface area (Å²) in [6.45, 7) is 2.84. The van der Waals surface area contributed by atoms with Crippen LogP contribution in [0.1, 0.15) is 18.5 Å². The van der Waals surface area contributed by atoms with Crippen molar-refractivity contribution in [1.82, 2.24) is 30.0 Å². The van der Waals surface area contributed by atoms with Gasteiger partial charge in [-0.2, -0.15) is 5.10 Å². The number of nitrogens with zero attached hydrogens (tertiary/aromatic N) is 5. The zero-order chi connectivity index (χ0) is 18.8. The van der Waals surface area contributed by atoms with Gasteiger partial charge in [-0.1, -0.05) is 0 Å². The number of hydrogen-bond donors (Lipinski definition) is 3. The summed E-state index contributed by atoms with van der Waals surface area (Å²) in [5.41, 5.74) is 1.61. The van der Waals surface area contributed by atoms with E-state index in [9.17, 15) is 4.79 Å². The number of carbonyl (C=O) groups is 1. The van der Waals surface area contributed by atoms with E-state index in [1.807, 2.05) is 19.1 Å². The number of aromatic amines is 1. The number of amides is 1. The molecule has 10 heteroatoms. The highest BCUT2D eigenvalue weighted by Gasteiger charge is 2.23. The molecule has 1 saturated heterocycles. The second-order valence-electron chi connectivity index (χ2n) is 6.37. The van der Waals surface area contributed by atoms with Crippen molar-refractivity contribution in [3.8, 4) is 5.88 Å². The lowest BCUT2D eigenvalue weighted by Gasteiger charge is -2.29. The van der Waals surface area contributed by atoms with Crippen molar-refractivity contribution in [2.24, 2.45) is 0 Å². The summed E-state index contributed by atoms with van der Waals surface area (Å²) in [5, 5.41) is 20.1. The highest BCUT2D eigenvalue weighted by molar-refractivity contribution is 5.88. The lowest BCUT2D eigenvalue weighted by Crippen LogP contribution is -2.41. The number of likely N-dealkylation sites (tertiary alicyclic amines) is 1. The molecule has 1 aliphatic rings. The third-order valence-electron chi connectivity index (χ3n) is 4.45. The highest BCUT2D eigenvalue weighted by atomic mass is 16.5. The van der Waals surface area contributed by atoms with Crippen molar-refractivity contribution in [3.05, 3.63) is 30.2 Å². The fourth-order valence-electron chi connectivity index (χ4n) is 3.03. The summed E-state index contributed by atoms with van der Waals surface area (Å²) < 4.78 is 5.90. The van der Waals surface area contributed by atoms with E-state index in [1.165, 1.54) is 11.2 Å². The van der Waals surface area contributed by atoms with Gasteiger partial charge in [-0.25, -0.2) is 19.7 Å². The van der Waals surface area contributed by atoms with Gasteiger partial charge in [0.15, 0.2) is 11.5 Å². The molecule has 27 heavy (non-hydrogen) atoms. The molecule has 1 aliphatic heterocycles. The van der Waals surface area contributed by atoms with Crippen LogP contribution in [0.5, 0.6) is 5.88 Å². The van der Waals surface area contributed by atoms with Crippen LogP contribution in [0.3, 0.4) is 0 Å². The number of fused-ring (bicyclic) bond motifs is 1. The Balaban J connectivity index is 1.44. The van der Waals surface area contributed by atoms with Gasteiger partial charge in [-0.15, -0.1) is 0 Å². The monoisotopic (exact) mass is 369 g/mol. The molecular weight excluding hydrogens is 350 g/mol. The van der Waals surface area contributed by atoms with Crippen molar-refractivity contribution >= 4 is 28.8 Å². The lowest BCUT2D eigenvalue weighted by molar-refractivity contribution is 0.0870. The van der Waals surface area contributed by atoms with Crippen molar-refractivity contribution in [2.45, 2.75) is 25.9 Å². The van der Waals surface area contributed by atoms with Crippen LogP contribution in [0, 0.1) is 6.92 Å². The molecule has 3 N–H and O–H groups in total. The Kier molecular flexibility index (Phi) is 4.45. The number of H-pyrrole nitrogens is 1. The van der Waals surface area contributed by atoms with Crippen molar-refractivity contribution in [3.63, 3.8) is 0 Å². The molecule has 0 aromatic carbocycles. The zero-order valence-corrected chi connectivity index (χ0v) is 14.7. The minimum atomic E-state index is -0.891. The van der Waals surface area contributed by atoms with Gasteiger partial charge >= 0.3 is 6.09 Å². The predicted molar refractivity (Wildman–Crippen MR) is 97.2 cm³/mol. The Bertz CT molecular complexity index is 966. The average Bonchev–Trinajstić information content (AvgIpc) is 3.04. The van der Waals surface area contributed by atoms with Gasteiger partial charge < -0.3 is 20.1 Å². The van der Waals surface area contributed by atoms with Crippen LogP contribution >= 0.6 is 0 Å². The fraction of sp³-hybridized carbons (Fsp3) is 0.353. The van der Waals surface area contributed by atoms with Gasteiger partial charge in [0.1, 0.15) is 18.2 Å². The summed E-state index contributed by atoms with van der Waals surface area (Å²) in [7, 11) is 0. The number of rotatable bonds is 4. The molecule has 0 spiro atoms. The van der Waals surface area contributed by atoms with Gasteiger partial charge in [-0.3, -0.25) is 5.10 Å². The molecule has 3 aromatic rings. The van der Waals surface area contributed by atoms with Crippen LogP contribution in [-0.4, -0.2) is 60.4 Å². The van der Waals surface area contributed by atoms with Crippen molar-refractivity contribution in [2.75, 3.05) is 18.4 Å². The minimum absolute atomic E-state index is 0.0678. The number of hydrogen-bond acceptors (Lipinski definition) is 7. The molecule has 0 unspecified atom stereocenters. The maximum atomic E-state index is 11.0. The first kappa shape index (κ1) is 17.0. The number of anilines is 2. The van der Waals surface area contributed by atoms with Gasteiger partial charge in [0.2, 0.25) is 5.88 Å². The molecule has 3 aromatic heterocycles. The largest absolute Gasteiger partial charge is 0.474 e. The molecule has 0 bridgehead atoms. The molecule has 4 rings (SSSR count). The number of carboxylic acid groups (broad SMARTS) is 1. The SMILES string of the molecule is Cc1ccc2c(Nc3cc(OC4CCN(C(=O)O)CC4)ncn3)n[nH]c2n1. The topological polar surface area (TPSA) is 129 Å². The Morgan fingerprint density at radius 1 is 1.33 bits per heavy atom. The number of piperidine rings is 1. The van der Waals surface area contributed by atoms with Crippen molar-refractivity contribution in [1.29, 1.82) is 0 Å². The number of pyridine rings is 1. The maximum Gasteiger partial charge on any atom is 0.407 e. The lowest BCUT2D eigenvalue weighted by atomic mass is 10.1. The normalized spacial score (nSPS) is 15.1. The van der Waals surface area contributed by atoms with Gasteiger partial charge in [0.05, 0.1) is 5.39 Å². The summed E-state index contributed by atoms with van der Waals surface area (Å²) in [6.07, 6.45) is 1.73. The maximum absolute atomic E-state index is 11.0. The second kappa shape index (κ2) is 7.06. The summed E-state index contributed by atoms with van der Waals surface area (Å²) >= 11 is 0. The van der Waals surface area contributed by atoms with E-state index in [2.05, 4.69) is 30.5 Å². The smallest absolute Gasteiger partial charge is 0.407 e. The van der Waals surface area contributed by atoms with Gasteiger partial charge in [0.25, 0.3) is 0 Å². The first-order chi connectivity index (χ1) is 13.1. The van der Waals surface area contributed by atoms with Gasteiger partial charge in [-0.05, 0) is 19.1 Å². The van der Waals surface area contributed by atoms with E-state index >= 15 is 0 Å². The van der Waals surface area contributed by atoms with Gasteiger partial charge in [0, 0.05) is 37.7 Å². The Morgan fingerprint density at radius 3 is 2.93 bits per heavy atom. The van der Waals surface area contributed by atoms with Crippen LogP contribution in [0.4, 0.5) is 16.4 Å². The molecule has 10 nitrogen and oxygen atoms in total. The summed E-state index contributed by atoms with van der Waals surface area (Å²) in [6, 6.07) is 5.56. The zero-order valence-electron chi connectivity index (χ0n) is 14.7. The standard InChI is InChI=1S/C17H19N7O3/c1-10-2-3-12-15(20-10)22-23-16(12)21-13-8-14(19-9-18-13)27-11-4-6-24(7-5-11)17(25)26/h2-3,8-9,11H,4-7H2,1H3,(H,25,26)(H2,18,19,20,21,22,23). The van der Waals surface area contributed by atoms with E-state index in [1.54, 1.807) is 6.07 Å². The highest BCUT2D eigenvalue weighted by Crippen LogP contribution is 2.24. The molecule has 0 radical (unpaired) electrons. The number of ether oxygens (including phenoxy) is 1. The van der Waals surface area contributed by atoms with Crippen LogP contribution in [0.25, 0.3) is 11.0 Å². The van der Waals surface area contributed by atoms with Crippen LogP contribution < -0.4 is 10.1 Å². The van der Waals surface area contributed by atoms with E-state index in [0.717, 1.165) is 11.1 Å². The molecule has 1 fully saturated rings. The van der Waals surface area contributed by atoms with Crippen molar-refractivity contribution < 1.29 is 14.6 Å². The molecule has 0 saturated carbocycles. The average molecular weight is 369 g/mol. The van der Waals surface area contributed by atoms with Crippen LogP contribution in [-0.2, 0) is 0 Å². The first-order valence-corrected chi connectivity index (χ1v) is 8.64. The molecular formula is C17H19N7O3. The number of aromatic nitrogens is 5. The van der Waals surface area contributed by atoms with E-state index < -0.39 is 6.09 Å². The molecule has 0 aliphatic carbocycles. The number of aryl methyl sites for hydroxylation is 1. The molecule has 140 valence electrons. The quantitative estimate of drug-likeness (QED) is 0.639. The summed E-state index contributed by atoms with van der Waals surface area (Å²) in [5.74, 6) is 1.61. The third-order valence-corrected chi connectivity index (χ3v) is 4.45. The molecule has 0 atom stereocenters. The Labute approximate surface area is 154 Å². The summed E-state index contributed by atoms with van der Waals surface area (Å²) in [4.78, 5) is 25.1. The Hall–Kier alpha value is -3.43. The van der Waals surface area contributed by atoms with Crippen LogP contribution in [0.2, 0.25) is 0 Å².